The van der Waals surface area contributed by atoms with Crippen molar-refractivity contribution in [1.82, 2.24) is 30.9 Å². The summed E-state index contributed by atoms with van der Waals surface area (Å²) in [5.41, 5.74) is 1.04. The van der Waals surface area contributed by atoms with E-state index < -0.39 is 18.0 Å². The first-order valence-electron chi connectivity index (χ1n) is 10.8. The largest absolute Gasteiger partial charge is 0.494 e. The second-order valence-corrected chi connectivity index (χ2v) is 8.30. The highest BCUT2D eigenvalue weighted by Crippen LogP contribution is 2.14. The summed E-state index contributed by atoms with van der Waals surface area (Å²) >= 11 is 0. The number of nitrogens with zero attached hydrogens (tertiary/aromatic N) is 3. The van der Waals surface area contributed by atoms with Gasteiger partial charge in [-0.3, -0.25) is 19.1 Å². The number of hydrogen-bond acceptors (Lipinski definition) is 6. The monoisotopic (exact) mass is 442 g/mol. The molecule has 0 saturated carbocycles. The molecule has 4 rings (SSSR count). The fraction of sp³-hybridized carbons (Fsp3) is 0.500. The maximum atomic E-state index is 12.8. The molecule has 2 aliphatic heterocycles. The average molecular weight is 443 g/mol. The predicted octanol–water partition coefficient (Wildman–Crippen LogP) is 1.03. The molecule has 1 aromatic carbocycles. The Morgan fingerprint density at radius 1 is 1.12 bits per heavy atom. The lowest BCUT2D eigenvalue weighted by Crippen LogP contribution is -2.53. The van der Waals surface area contributed by atoms with Crippen molar-refractivity contribution in [2.75, 3.05) is 6.61 Å². The first-order valence-corrected chi connectivity index (χ1v) is 10.8. The SMILES string of the molecule is CC(C)C[C@@H]1NC(=O)c2ccc(cc2)OCCCn2cc(nn2)CNC(=O)[C@@H](C)NC1=O. The molecule has 10 heteroatoms. The van der Waals surface area contributed by atoms with E-state index in [1.54, 1.807) is 42.1 Å². The Hall–Kier alpha value is -3.43. The standard InChI is InChI=1S/C22H30N6O4/c1-14(2)11-19-22(31)24-15(3)20(29)23-12-17-13-28(27-26-17)9-4-10-32-18-7-5-16(6-8-18)21(30)25-19/h5-8,13-15,19H,4,9-12H2,1-3H3,(H,23,29)(H,24,31)(H,25,30)/t15-,19+/m1/s1. The van der Waals surface area contributed by atoms with Crippen molar-refractivity contribution in [2.24, 2.45) is 5.92 Å². The third-order valence-corrected chi connectivity index (χ3v) is 5.03. The summed E-state index contributed by atoms with van der Waals surface area (Å²) in [4.78, 5) is 38.0. The molecule has 172 valence electrons. The highest BCUT2D eigenvalue weighted by Gasteiger charge is 2.25. The van der Waals surface area contributed by atoms with E-state index >= 15 is 0 Å². The molecule has 2 atom stereocenters. The zero-order valence-corrected chi connectivity index (χ0v) is 18.6. The molecule has 0 spiro atoms. The summed E-state index contributed by atoms with van der Waals surface area (Å²) in [5, 5.41) is 16.3. The number of benzene rings is 1. The van der Waals surface area contributed by atoms with Gasteiger partial charge in [-0.1, -0.05) is 19.1 Å². The van der Waals surface area contributed by atoms with Gasteiger partial charge in [-0.05, 0) is 43.5 Å². The van der Waals surface area contributed by atoms with Crippen molar-refractivity contribution in [3.05, 3.63) is 41.7 Å². The number of carbonyl (C=O) groups is 3. The van der Waals surface area contributed by atoms with Gasteiger partial charge >= 0.3 is 0 Å². The summed E-state index contributed by atoms with van der Waals surface area (Å²) < 4.78 is 7.42. The van der Waals surface area contributed by atoms with Crippen molar-refractivity contribution < 1.29 is 19.1 Å². The average Bonchev–Trinajstić information content (AvgIpc) is 3.21. The Morgan fingerprint density at radius 2 is 1.88 bits per heavy atom. The molecule has 0 unspecified atom stereocenters. The van der Waals surface area contributed by atoms with Crippen LogP contribution in [-0.2, 0) is 22.7 Å². The van der Waals surface area contributed by atoms with Crippen molar-refractivity contribution in [2.45, 2.75) is 58.8 Å². The van der Waals surface area contributed by atoms with Crippen LogP contribution in [0.5, 0.6) is 5.75 Å². The molecule has 0 radical (unpaired) electrons. The van der Waals surface area contributed by atoms with Crippen molar-refractivity contribution in [1.29, 1.82) is 0 Å². The molecule has 10 nitrogen and oxygen atoms in total. The first-order chi connectivity index (χ1) is 15.3. The third-order valence-electron chi connectivity index (χ3n) is 5.03. The van der Waals surface area contributed by atoms with E-state index in [2.05, 4.69) is 26.3 Å². The van der Waals surface area contributed by atoms with Crippen molar-refractivity contribution >= 4 is 17.7 Å². The summed E-state index contributed by atoms with van der Waals surface area (Å²) in [7, 11) is 0. The Bertz CT molecular complexity index is 940. The van der Waals surface area contributed by atoms with E-state index in [1.165, 1.54) is 0 Å². The Labute approximate surface area is 187 Å². The van der Waals surface area contributed by atoms with Crippen LogP contribution in [0.2, 0.25) is 0 Å². The number of ether oxygens (including phenoxy) is 1. The molecule has 0 saturated heterocycles. The van der Waals surface area contributed by atoms with Crippen LogP contribution in [0, 0.1) is 5.92 Å². The van der Waals surface area contributed by atoms with Crippen LogP contribution < -0.4 is 20.7 Å². The van der Waals surface area contributed by atoms with Crippen LogP contribution >= 0.6 is 0 Å². The molecule has 3 heterocycles. The Balaban J connectivity index is 1.79. The fourth-order valence-electron chi connectivity index (χ4n) is 3.30. The molecule has 4 bridgehead atoms. The van der Waals surface area contributed by atoms with E-state index in [1.807, 2.05) is 13.8 Å². The highest BCUT2D eigenvalue weighted by atomic mass is 16.5. The van der Waals surface area contributed by atoms with E-state index in [4.69, 9.17) is 4.74 Å². The van der Waals surface area contributed by atoms with E-state index in [9.17, 15) is 14.4 Å². The Kier molecular flexibility index (Phi) is 7.80. The zero-order chi connectivity index (χ0) is 23.1. The molecular weight excluding hydrogens is 412 g/mol. The second-order valence-electron chi connectivity index (χ2n) is 8.30. The number of aryl methyl sites for hydroxylation is 1. The minimum absolute atomic E-state index is 0.166. The smallest absolute Gasteiger partial charge is 0.251 e. The van der Waals surface area contributed by atoms with Crippen molar-refractivity contribution in [3.63, 3.8) is 0 Å². The van der Waals surface area contributed by atoms with Gasteiger partial charge < -0.3 is 20.7 Å². The van der Waals surface area contributed by atoms with E-state index in [0.717, 1.165) is 6.42 Å². The van der Waals surface area contributed by atoms with Gasteiger partial charge in [0.15, 0.2) is 0 Å². The van der Waals surface area contributed by atoms with Crippen LogP contribution in [0.15, 0.2) is 30.5 Å². The van der Waals surface area contributed by atoms with Gasteiger partial charge in [0.25, 0.3) is 5.91 Å². The van der Waals surface area contributed by atoms with Crippen LogP contribution in [0.1, 0.15) is 49.7 Å². The number of rotatable bonds is 2. The first kappa shape index (κ1) is 23.2. The minimum Gasteiger partial charge on any atom is -0.494 e. The summed E-state index contributed by atoms with van der Waals surface area (Å²) in [6, 6.07) is 5.24. The molecule has 2 aliphatic rings. The van der Waals surface area contributed by atoms with Crippen molar-refractivity contribution in [3.8, 4) is 5.75 Å². The van der Waals surface area contributed by atoms with Gasteiger partial charge in [0.2, 0.25) is 11.8 Å². The maximum absolute atomic E-state index is 12.8. The molecule has 3 N–H and O–H groups in total. The number of carbonyl (C=O) groups excluding carboxylic acids is 3. The topological polar surface area (TPSA) is 127 Å². The normalized spacial score (nSPS) is 20.8. The summed E-state index contributed by atoms with van der Waals surface area (Å²) in [6.45, 7) is 6.82. The van der Waals surface area contributed by atoms with Crippen LogP contribution in [0.3, 0.4) is 0 Å². The van der Waals surface area contributed by atoms with Gasteiger partial charge in [-0.15, -0.1) is 5.10 Å². The quantitative estimate of drug-likeness (QED) is 0.596. The van der Waals surface area contributed by atoms with Gasteiger partial charge in [0.05, 0.1) is 19.3 Å². The van der Waals surface area contributed by atoms with Crippen LogP contribution in [0.4, 0.5) is 0 Å². The zero-order valence-electron chi connectivity index (χ0n) is 18.6. The molecule has 0 fully saturated rings. The fourth-order valence-corrected chi connectivity index (χ4v) is 3.30. The molecule has 2 aromatic rings. The molecule has 0 aliphatic carbocycles. The van der Waals surface area contributed by atoms with Crippen LogP contribution in [-0.4, -0.2) is 51.4 Å². The molecule has 3 amide bonds. The molecule has 1 aromatic heterocycles. The summed E-state index contributed by atoms with van der Waals surface area (Å²) in [6.07, 6.45) is 2.93. The lowest BCUT2D eigenvalue weighted by Gasteiger charge is -2.22. The second kappa shape index (κ2) is 10.7. The number of amides is 3. The van der Waals surface area contributed by atoms with Gasteiger partial charge in [0.1, 0.15) is 23.5 Å². The van der Waals surface area contributed by atoms with E-state index in [0.29, 0.717) is 36.6 Å². The lowest BCUT2D eigenvalue weighted by molar-refractivity contribution is -0.129. The molecule has 32 heavy (non-hydrogen) atoms. The van der Waals surface area contributed by atoms with Gasteiger partial charge in [-0.2, -0.15) is 0 Å². The molecular formula is C22H30N6O4. The van der Waals surface area contributed by atoms with Gasteiger partial charge in [-0.25, -0.2) is 0 Å². The predicted molar refractivity (Wildman–Crippen MR) is 117 cm³/mol. The maximum Gasteiger partial charge on any atom is 0.251 e. The number of nitrogens with one attached hydrogen (secondary N) is 3. The number of hydrogen-bond donors (Lipinski definition) is 3. The summed E-state index contributed by atoms with van der Waals surface area (Å²) in [5.74, 6) is -0.290. The Morgan fingerprint density at radius 3 is 2.59 bits per heavy atom. The van der Waals surface area contributed by atoms with Crippen LogP contribution in [0.25, 0.3) is 0 Å². The minimum atomic E-state index is -0.772. The third kappa shape index (κ3) is 6.53. The number of aromatic nitrogens is 3. The van der Waals surface area contributed by atoms with E-state index in [-0.39, 0.29) is 24.3 Å². The highest BCUT2D eigenvalue weighted by molar-refractivity contribution is 5.98. The lowest BCUT2D eigenvalue weighted by atomic mass is 10.0. The number of fused-ring (bicyclic) bond motifs is 13. The van der Waals surface area contributed by atoms with Gasteiger partial charge in [0, 0.05) is 18.5 Å².